The first kappa shape index (κ1) is 33.9. The van der Waals surface area contributed by atoms with E-state index in [4.69, 9.17) is 18.6 Å². The van der Waals surface area contributed by atoms with E-state index in [1.54, 1.807) is 0 Å². The van der Waals surface area contributed by atoms with Crippen molar-refractivity contribution < 1.29 is 74.8 Å². The van der Waals surface area contributed by atoms with E-state index in [0.29, 0.717) is 5.56 Å². The van der Waals surface area contributed by atoms with Crippen LogP contribution in [0.4, 0.5) is 0 Å². The van der Waals surface area contributed by atoms with Gasteiger partial charge in [0.15, 0.2) is 6.10 Å². The van der Waals surface area contributed by atoms with Gasteiger partial charge in [-0.05, 0) is 42.0 Å². The number of aliphatic hydroxyl groups excluding tert-OH is 5. The molecule has 11 N–H and O–H groups in total. The summed E-state index contributed by atoms with van der Waals surface area (Å²) in [5.41, 5.74) is 0.249. The second kappa shape index (κ2) is 13.0. The molecular formula is C36H33O15+. The number of hydrogen-bond acceptors (Lipinski definition) is 14. The zero-order valence-electron chi connectivity index (χ0n) is 26.3. The highest BCUT2D eigenvalue weighted by atomic mass is 16.7. The Morgan fingerprint density at radius 3 is 1.96 bits per heavy atom. The number of benzene rings is 4. The molecule has 0 amide bonds. The van der Waals surface area contributed by atoms with Crippen molar-refractivity contribution in [1.29, 1.82) is 0 Å². The third kappa shape index (κ3) is 5.91. The van der Waals surface area contributed by atoms with Crippen LogP contribution in [0, 0.1) is 0 Å². The third-order valence-electron chi connectivity index (χ3n) is 9.09. The quantitative estimate of drug-likeness (QED) is 0.113. The molecule has 15 heteroatoms. The van der Waals surface area contributed by atoms with Gasteiger partial charge in [-0.25, -0.2) is 4.42 Å². The molecule has 51 heavy (non-hydrogen) atoms. The Kier molecular flexibility index (Phi) is 8.62. The first-order valence-corrected chi connectivity index (χ1v) is 15.7. The molecule has 0 radical (unpaired) electrons. The van der Waals surface area contributed by atoms with E-state index in [2.05, 4.69) is 0 Å². The summed E-state index contributed by atoms with van der Waals surface area (Å²) >= 11 is 0. The third-order valence-corrected chi connectivity index (χ3v) is 9.09. The molecule has 7 rings (SSSR count). The van der Waals surface area contributed by atoms with E-state index in [9.17, 15) is 56.2 Å². The van der Waals surface area contributed by atoms with Crippen molar-refractivity contribution in [2.45, 2.75) is 48.8 Å². The SMILES string of the molecule is OC[C@H]1O[C@@H](Oc2cc3c(O)cc(O)c(C4c5c(O)cc(O)cc5OC(c5ccc(O)cc5)C4O)c3[o+]c2-c2ccc(O)cc2)[C@H](O)[C@@H](O)[C@@H]1O. The summed E-state index contributed by atoms with van der Waals surface area (Å²) in [6.07, 6.45) is -11.0. The molecule has 0 saturated carbocycles. The van der Waals surface area contributed by atoms with Crippen LogP contribution in [-0.2, 0) is 4.74 Å². The van der Waals surface area contributed by atoms with Crippen molar-refractivity contribution in [1.82, 2.24) is 0 Å². The summed E-state index contributed by atoms with van der Waals surface area (Å²) < 4.78 is 23.9. The zero-order valence-corrected chi connectivity index (χ0v) is 26.3. The summed E-state index contributed by atoms with van der Waals surface area (Å²) in [5, 5.41) is 117. The van der Waals surface area contributed by atoms with Gasteiger partial charge in [-0.3, -0.25) is 0 Å². The van der Waals surface area contributed by atoms with Crippen LogP contribution in [-0.4, -0.2) is 99.6 Å². The highest BCUT2D eigenvalue weighted by Gasteiger charge is 2.48. The van der Waals surface area contributed by atoms with Crippen molar-refractivity contribution in [3.05, 3.63) is 89.5 Å². The Bertz CT molecular complexity index is 2080. The van der Waals surface area contributed by atoms with E-state index in [1.807, 2.05) is 0 Å². The number of phenolic OH excluding ortho intramolecular Hbond substituents is 6. The molecule has 266 valence electrons. The van der Waals surface area contributed by atoms with Crippen molar-refractivity contribution in [3.8, 4) is 57.3 Å². The molecule has 3 heterocycles. The number of aromatic hydroxyl groups is 6. The Labute approximate surface area is 287 Å². The van der Waals surface area contributed by atoms with Crippen LogP contribution in [0.15, 0.2) is 77.2 Å². The Balaban J connectivity index is 1.45. The summed E-state index contributed by atoms with van der Waals surface area (Å²) in [7, 11) is 0. The van der Waals surface area contributed by atoms with E-state index in [0.717, 1.165) is 12.1 Å². The average Bonchev–Trinajstić information content (AvgIpc) is 3.10. The smallest absolute Gasteiger partial charge is 0.402 e. The van der Waals surface area contributed by atoms with Gasteiger partial charge in [-0.1, -0.05) is 12.1 Å². The van der Waals surface area contributed by atoms with Gasteiger partial charge in [0.25, 0.3) is 0 Å². The standard InChI is InChI=1S/C36H32O15/c37-13-25-29(44)31(46)32(47)36(50-25)49-24-11-19-20(41)12-22(43)27(35(19)51-33(24)14-1-5-16(38)6-2-14)28-26-21(42)9-18(40)10-23(26)48-34(30(28)45)15-3-7-17(39)8-4-15/h1-12,25,28-32,34,36-37,44-47H,13H2,(H5-,38,39,40,41,42,43)/p+1/t25-,28?,29-,30?,31+,32-,34?,36-/m1/s1. The van der Waals surface area contributed by atoms with Gasteiger partial charge in [0.05, 0.1) is 18.1 Å². The summed E-state index contributed by atoms with van der Waals surface area (Å²) in [6.45, 7) is -0.730. The molecule has 4 aromatic carbocycles. The topological polar surface area (TPSA) is 262 Å². The zero-order chi connectivity index (χ0) is 36.3. The lowest BCUT2D eigenvalue weighted by atomic mass is 9.78. The van der Waals surface area contributed by atoms with Crippen molar-refractivity contribution >= 4 is 11.0 Å². The molecule has 0 aliphatic carbocycles. The number of fused-ring (bicyclic) bond motifs is 2. The molecule has 2 aliphatic rings. The van der Waals surface area contributed by atoms with Crippen molar-refractivity contribution in [2.24, 2.45) is 0 Å². The normalized spacial score (nSPS) is 26.0. The van der Waals surface area contributed by atoms with Crippen LogP contribution in [0.25, 0.3) is 22.3 Å². The van der Waals surface area contributed by atoms with Crippen molar-refractivity contribution in [2.75, 3.05) is 6.61 Å². The number of phenols is 6. The first-order valence-electron chi connectivity index (χ1n) is 15.7. The number of aliphatic hydroxyl groups is 5. The van der Waals surface area contributed by atoms with Gasteiger partial charge in [-0.2, -0.15) is 0 Å². The van der Waals surface area contributed by atoms with Gasteiger partial charge in [0.1, 0.15) is 81.7 Å². The van der Waals surface area contributed by atoms with Crippen LogP contribution in [0.5, 0.6) is 46.0 Å². The second-order valence-electron chi connectivity index (χ2n) is 12.3. The largest absolute Gasteiger partial charge is 0.508 e. The molecular weight excluding hydrogens is 672 g/mol. The Hall–Kier alpha value is -5.55. The molecule has 3 unspecified atom stereocenters. The predicted molar refractivity (Wildman–Crippen MR) is 175 cm³/mol. The second-order valence-corrected chi connectivity index (χ2v) is 12.3. The maximum atomic E-state index is 12.0. The van der Waals surface area contributed by atoms with Crippen molar-refractivity contribution in [3.63, 3.8) is 0 Å². The monoisotopic (exact) mass is 705 g/mol. The summed E-state index contributed by atoms with van der Waals surface area (Å²) in [4.78, 5) is 0. The van der Waals surface area contributed by atoms with Gasteiger partial charge in [0.2, 0.25) is 12.0 Å². The first-order chi connectivity index (χ1) is 24.4. The molecule has 1 fully saturated rings. The van der Waals surface area contributed by atoms with E-state index < -0.39 is 72.7 Å². The van der Waals surface area contributed by atoms with Gasteiger partial charge in [0, 0.05) is 29.8 Å². The van der Waals surface area contributed by atoms with Gasteiger partial charge < -0.3 is 70.4 Å². The van der Waals surface area contributed by atoms with Crippen LogP contribution >= 0.6 is 0 Å². The molecule has 0 spiro atoms. The fourth-order valence-electron chi connectivity index (χ4n) is 6.56. The molecule has 1 aromatic heterocycles. The summed E-state index contributed by atoms with van der Waals surface area (Å²) in [6, 6.07) is 15.8. The minimum Gasteiger partial charge on any atom is -0.508 e. The molecule has 5 aromatic rings. The molecule has 8 atom stereocenters. The van der Waals surface area contributed by atoms with Crippen LogP contribution < -0.4 is 9.47 Å². The lowest BCUT2D eigenvalue weighted by Crippen LogP contribution is -2.60. The van der Waals surface area contributed by atoms with E-state index in [-0.39, 0.29) is 62.2 Å². The lowest BCUT2D eigenvalue weighted by Gasteiger charge is -2.39. The van der Waals surface area contributed by atoms with E-state index >= 15 is 0 Å². The maximum absolute atomic E-state index is 12.0. The Morgan fingerprint density at radius 1 is 0.647 bits per heavy atom. The number of ether oxygens (including phenoxy) is 3. The van der Waals surface area contributed by atoms with Crippen LogP contribution in [0.3, 0.4) is 0 Å². The van der Waals surface area contributed by atoms with Gasteiger partial charge >= 0.3 is 11.3 Å². The summed E-state index contributed by atoms with van der Waals surface area (Å²) in [5.74, 6) is -3.86. The van der Waals surface area contributed by atoms with E-state index in [1.165, 1.54) is 60.7 Å². The number of hydrogen-bond donors (Lipinski definition) is 11. The minimum absolute atomic E-state index is 0.0411. The predicted octanol–water partition coefficient (Wildman–Crippen LogP) is 2.42. The average molecular weight is 706 g/mol. The molecule has 15 nitrogen and oxygen atoms in total. The Morgan fingerprint density at radius 2 is 1.29 bits per heavy atom. The molecule has 2 aliphatic heterocycles. The van der Waals surface area contributed by atoms with Crippen LogP contribution in [0.1, 0.15) is 28.7 Å². The fourth-order valence-corrected chi connectivity index (χ4v) is 6.56. The molecule has 1 saturated heterocycles. The highest BCUT2D eigenvalue weighted by Crippen LogP contribution is 2.55. The van der Waals surface area contributed by atoms with Crippen LogP contribution in [0.2, 0.25) is 0 Å². The highest BCUT2D eigenvalue weighted by molar-refractivity contribution is 5.92. The minimum atomic E-state index is -1.82. The lowest BCUT2D eigenvalue weighted by molar-refractivity contribution is -0.277. The fraction of sp³-hybridized carbons (Fsp3) is 0.250. The number of rotatable bonds is 6. The molecule has 0 bridgehead atoms. The van der Waals surface area contributed by atoms with Gasteiger partial charge in [-0.15, -0.1) is 0 Å². The maximum Gasteiger partial charge on any atom is 0.402 e.